The van der Waals surface area contributed by atoms with Crippen LogP contribution in [0.1, 0.15) is 27.2 Å². The molecule has 1 heterocycles. The zero-order valence-electron chi connectivity index (χ0n) is 7.50. The maximum atomic E-state index is 5.58. The second-order valence-corrected chi connectivity index (χ2v) is 3.89. The lowest BCUT2D eigenvalue weighted by Gasteiger charge is -2.44. The van der Waals surface area contributed by atoms with Crippen LogP contribution in [0.15, 0.2) is 11.8 Å². The van der Waals surface area contributed by atoms with Crippen LogP contribution in [0, 0.1) is 17.8 Å². The van der Waals surface area contributed by atoms with Gasteiger partial charge in [0, 0.05) is 5.92 Å². The summed E-state index contributed by atoms with van der Waals surface area (Å²) in [6.07, 6.45) is 3.69. The second-order valence-electron chi connectivity index (χ2n) is 3.89. The van der Waals surface area contributed by atoms with Crippen LogP contribution in [0.5, 0.6) is 0 Å². The van der Waals surface area contributed by atoms with Gasteiger partial charge in [0.05, 0.1) is 6.26 Å². The molecule has 0 spiro atoms. The van der Waals surface area contributed by atoms with Crippen molar-refractivity contribution in [2.75, 3.05) is 0 Å². The third-order valence-corrected chi connectivity index (χ3v) is 3.48. The lowest BCUT2D eigenvalue weighted by Crippen LogP contribution is -2.47. The fraction of sp³-hybridized carbons (Fsp3) is 0.800. The highest BCUT2D eigenvalue weighted by molar-refractivity contribution is 5.19. The SMILES string of the molecule is CCC1=COC2C(C)C(C)C12. The van der Waals surface area contributed by atoms with Crippen molar-refractivity contribution in [3.63, 3.8) is 0 Å². The molecule has 2 aliphatic rings. The van der Waals surface area contributed by atoms with E-state index in [-0.39, 0.29) is 0 Å². The molecule has 1 aliphatic heterocycles. The summed E-state index contributed by atoms with van der Waals surface area (Å²) in [5.41, 5.74) is 1.53. The van der Waals surface area contributed by atoms with Crippen molar-refractivity contribution in [2.45, 2.75) is 33.3 Å². The molecule has 1 heteroatoms. The average molecular weight is 152 g/mol. The lowest BCUT2D eigenvalue weighted by atomic mass is 9.62. The normalized spacial score (nSPS) is 47.4. The second kappa shape index (κ2) is 2.26. The summed E-state index contributed by atoms with van der Waals surface area (Å²) in [7, 11) is 0. The first-order chi connectivity index (χ1) is 5.25. The van der Waals surface area contributed by atoms with Gasteiger partial charge in [-0.3, -0.25) is 0 Å². The fourth-order valence-corrected chi connectivity index (χ4v) is 2.43. The van der Waals surface area contributed by atoms with Gasteiger partial charge in [0.1, 0.15) is 6.10 Å². The molecule has 1 nitrogen and oxygen atoms in total. The number of fused-ring (bicyclic) bond motifs is 1. The molecule has 0 aromatic rings. The summed E-state index contributed by atoms with van der Waals surface area (Å²) in [4.78, 5) is 0. The summed E-state index contributed by atoms with van der Waals surface area (Å²) < 4.78 is 5.58. The molecule has 4 atom stereocenters. The zero-order valence-corrected chi connectivity index (χ0v) is 7.50. The molecule has 1 saturated carbocycles. The van der Waals surface area contributed by atoms with Gasteiger partial charge in [0.15, 0.2) is 0 Å². The van der Waals surface area contributed by atoms with Crippen molar-refractivity contribution in [3.05, 3.63) is 11.8 Å². The summed E-state index contributed by atoms with van der Waals surface area (Å²) in [5, 5.41) is 0. The van der Waals surface area contributed by atoms with Crippen LogP contribution in [0.25, 0.3) is 0 Å². The molecular weight excluding hydrogens is 136 g/mol. The van der Waals surface area contributed by atoms with Gasteiger partial charge >= 0.3 is 0 Å². The topological polar surface area (TPSA) is 9.23 Å². The van der Waals surface area contributed by atoms with E-state index in [0.717, 1.165) is 24.2 Å². The predicted octanol–water partition coefficient (Wildman–Crippen LogP) is 2.58. The summed E-state index contributed by atoms with van der Waals surface area (Å²) in [5.74, 6) is 2.36. The number of hydrogen-bond acceptors (Lipinski definition) is 1. The molecule has 0 amide bonds. The Morgan fingerprint density at radius 3 is 2.73 bits per heavy atom. The van der Waals surface area contributed by atoms with Crippen molar-refractivity contribution in [1.29, 1.82) is 0 Å². The smallest absolute Gasteiger partial charge is 0.107 e. The molecule has 1 fully saturated rings. The Morgan fingerprint density at radius 1 is 1.36 bits per heavy atom. The van der Waals surface area contributed by atoms with Gasteiger partial charge in [-0.1, -0.05) is 20.8 Å². The van der Waals surface area contributed by atoms with E-state index in [1.54, 1.807) is 0 Å². The lowest BCUT2D eigenvalue weighted by molar-refractivity contribution is -0.0492. The van der Waals surface area contributed by atoms with Crippen molar-refractivity contribution >= 4 is 0 Å². The zero-order chi connectivity index (χ0) is 8.01. The molecule has 62 valence electrons. The van der Waals surface area contributed by atoms with Crippen molar-refractivity contribution < 1.29 is 4.74 Å². The molecule has 0 N–H and O–H groups in total. The molecular formula is C10H16O. The quantitative estimate of drug-likeness (QED) is 0.561. The van der Waals surface area contributed by atoms with Gasteiger partial charge in [-0.25, -0.2) is 0 Å². The average Bonchev–Trinajstić information content (AvgIpc) is 2.43. The van der Waals surface area contributed by atoms with E-state index in [2.05, 4.69) is 20.8 Å². The van der Waals surface area contributed by atoms with Gasteiger partial charge in [-0.15, -0.1) is 0 Å². The third kappa shape index (κ3) is 0.770. The van der Waals surface area contributed by atoms with Crippen LogP contribution in [0.2, 0.25) is 0 Å². The Morgan fingerprint density at radius 2 is 2.09 bits per heavy atom. The van der Waals surface area contributed by atoms with Gasteiger partial charge in [0.25, 0.3) is 0 Å². The van der Waals surface area contributed by atoms with E-state index in [9.17, 15) is 0 Å². The molecule has 0 aromatic carbocycles. The number of ether oxygens (including phenoxy) is 1. The van der Waals surface area contributed by atoms with Crippen LogP contribution in [-0.2, 0) is 4.74 Å². The Labute approximate surface area is 68.4 Å². The third-order valence-electron chi connectivity index (χ3n) is 3.48. The van der Waals surface area contributed by atoms with Crippen molar-refractivity contribution in [3.8, 4) is 0 Å². The van der Waals surface area contributed by atoms with Gasteiger partial charge in [-0.2, -0.15) is 0 Å². The monoisotopic (exact) mass is 152 g/mol. The molecule has 0 aromatic heterocycles. The molecule has 11 heavy (non-hydrogen) atoms. The molecule has 1 aliphatic carbocycles. The minimum absolute atomic E-state index is 0.528. The molecule has 0 bridgehead atoms. The Hall–Kier alpha value is -0.460. The summed E-state index contributed by atoms with van der Waals surface area (Å²) >= 11 is 0. The first kappa shape index (κ1) is 7.20. The van der Waals surface area contributed by atoms with Crippen LogP contribution in [-0.4, -0.2) is 6.10 Å². The largest absolute Gasteiger partial charge is 0.497 e. The molecule has 4 unspecified atom stereocenters. The maximum Gasteiger partial charge on any atom is 0.107 e. The highest BCUT2D eigenvalue weighted by Gasteiger charge is 2.50. The van der Waals surface area contributed by atoms with E-state index >= 15 is 0 Å². The highest BCUT2D eigenvalue weighted by Crippen LogP contribution is 2.50. The first-order valence-corrected chi connectivity index (χ1v) is 4.60. The van der Waals surface area contributed by atoms with E-state index in [0.29, 0.717) is 6.10 Å². The minimum Gasteiger partial charge on any atom is -0.497 e. The molecule has 0 saturated heterocycles. The minimum atomic E-state index is 0.528. The summed E-state index contributed by atoms with van der Waals surface area (Å²) in [6.45, 7) is 6.84. The van der Waals surface area contributed by atoms with E-state index in [1.165, 1.54) is 5.57 Å². The van der Waals surface area contributed by atoms with E-state index < -0.39 is 0 Å². The Bertz CT molecular complexity index is 195. The maximum absolute atomic E-state index is 5.58. The summed E-state index contributed by atoms with van der Waals surface area (Å²) in [6, 6.07) is 0. The molecule has 0 radical (unpaired) electrons. The van der Waals surface area contributed by atoms with Gasteiger partial charge in [0.2, 0.25) is 0 Å². The Kier molecular flexibility index (Phi) is 1.48. The molecule has 2 rings (SSSR count). The van der Waals surface area contributed by atoms with Crippen molar-refractivity contribution in [1.82, 2.24) is 0 Å². The van der Waals surface area contributed by atoms with E-state index in [1.807, 2.05) is 6.26 Å². The van der Waals surface area contributed by atoms with Crippen molar-refractivity contribution in [2.24, 2.45) is 17.8 Å². The Balaban J connectivity index is 2.11. The van der Waals surface area contributed by atoms with Crippen LogP contribution in [0.4, 0.5) is 0 Å². The number of hydrogen-bond donors (Lipinski definition) is 0. The van der Waals surface area contributed by atoms with Crippen LogP contribution < -0.4 is 0 Å². The number of rotatable bonds is 1. The van der Waals surface area contributed by atoms with E-state index in [4.69, 9.17) is 4.74 Å². The van der Waals surface area contributed by atoms with Gasteiger partial charge < -0.3 is 4.74 Å². The first-order valence-electron chi connectivity index (χ1n) is 4.60. The predicted molar refractivity (Wildman–Crippen MR) is 45.1 cm³/mol. The standard InChI is InChI=1S/C10H16O/c1-4-8-5-11-10-7(3)6(2)9(8)10/h5-7,9-10H,4H2,1-3H3. The van der Waals surface area contributed by atoms with Crippen LogP contribution >= 0.6 is 0 Å². The van der Waals surface area contributed by atoms with Gasteiger partial charge in [-0.05, 0) is 23.8 Å². The highest BCUT2D eigenvalue weighted by atomic mass is 16.5. The fourth-order valence-electron chi connectivity index (χ4n) is 2.43. The van der Waals surface area contributed by atoms with Crippen LogP contribution in [0.3, 0.4) is 0 Å².